The van der Waals surface area contributed by atoms with E-state index in [0.29, 0.717) is 11.6 Å². The minimum Gasteiger partial charge on any atom is -0.461 e. The van der Waals surface area contributed by atoms with Gasteiger partial charge in [0.05, 0.1) is 29.6 Å². The van der Waals surface area contributed by atoms with Gasteiger partial charge in [-0.15, -0.1) is 10.2 Å². The van der Waals surface area contributed by atoms with E-state index in [2.05, 4.69) is 20.2 Å². The van der Waals surface area contributed by atoms with Crippen LogP contribution in [0.2, 0.25) is 0 Å². The lowest BCUT2D eigenvalue weighted by Crippen LogP contribution is -2.24. The molecule has 0 spiro atoms. The summed E-state index contributed by atoms with van der Waals surface area (Å²) in [6, 6.07) is 17.1. The molecule has 0 radical (unpaired) electrons. The highest BCUT2D eigenvalue weighted by atomic mass is 32.2. The van der Waals surface area contributed by atoms with E-state index in [4.69, 9.17) is 4.42 Å². The summed E-state index contributed by atoms with van der Waals surface area (Å²) in [4.78, 5) is 7.76. The third-order valence-electron chi connectivity index (χ3n) is 5.57. The monoisotopic (exact) mass is 477 g/mol. The Morgan fingerprint density at radius 2 is 1.76 bits per heavy atom. The Morgan fingerprint density at radius 1 is 1.00 bits per heavy atom. The van der Waals surface area contributed by atoms with Gasteiger partial charge in [-0.2, -0.15) is 0 Å². The molecule has 0 fully saturated rings. The molecule has 0 aliphatic rings. The molecule has 2 aromatic carbocycles. The number of hydrogen-bond acceptors (Lipinski definition) is 7. The van der Waals surface area contributed by atoms with Gasteiger partial charge in [0.25, 0.3) is 0 Å². The second kappa shape index (κ2) is 8.79. The van der Waals surface area contributed by atoms with Gasteiger partial charge >= 0.3 is 0 Å². The van der Waals surface area contributed by atoms with E-state index >= 15 is 0 Å². The van der Waals surface area contributed by atoms with Crippen LogP contribution in [0.4, 0.5) is 4.39 Å². The lowest BCUT2D eigenvalue weighted by Gasteiger charge is -2.15. The maximum absolute atomic E-state index is 13.3. The maximum Gasteiger partial charge on any atom is 0.204 e. The van der Waals surface area contributed by atoms with Crippen LogP contribution in [0.1, 0.15) is 18.6 Å². The predicted octanol–water partition coefficient (Wildman–Crippen LogP) is 4.16. The fourth-order valence-electron chi connectivity index (χ4n) is 3.78. The summed E-state index contributed by atoms with van der Waals surface area (Å²) in [5, 5.41) is 9.60. The van der Waals surface area contributed by atoms with E-state index in [9.17, 15) is 12.8 Å². The van der Waals surface area contributed by atoms with E-state index in [1.807, 2.05) is 42.5 Å². The predicted molar refractivity (Wildman–Crippen MR) is 124 cm³/mol. The minimum atomic E-state index is -3.69. The van der Waals surface area contributed by atoms with Crippen LogP contribution >= 0.6 is 0 Å². The third kappa shape index (κ3) is 4.19. The fraction of sp³-hybridized carbons (Fsp3) is 0.167. The van der Waals surface area contributed by atoms with E-state index in [0.717, 1.165) is 28.9 Å². The Bertz CT molecular complexity index is 1540. The van der Waals surface area contributed by atoms with Crippen molar-refractivity contribution in [2.45, 2.75) is 24.3 Å². The van der Waals surface area contributed by atoms with Crippen LogP contribution in [0.25, 0.3) is 28.0 Å². The molecule has 172 valence electrons. The number of rotatable bonds is 7. The number of halogens is 1. The van der Waals surface area contributed by atoms with Crippen LogP contribution in [-0.2, 0) is 22.0 Å². The fourth-order valence-corrected chi connectivity index (χ4v) is 5.02. The van der Waals surface area contributed by atoms with Gasteiger partial charge in [0.1, 0.15) is 11.6 Å². The number of furan rings is 1. The van der Waals surface area contributed by atoms with Crippen molar-refractivity contribution in [1.82, 2.24) is 24.7 Å². The lowest BCUT2D eigenvalue weighted by molar-refractivity contribution is 0.573. The Hall–Kier alpha value is -3.92. The quantitative estimate of drug-likeness (QED) is 0.347. The van der Waals surface area contributed by atoms with Crippen LogP contribution < -0.4 is 0 Å². The van der Waals surface area contributed by atoms with Crippen LogP contribution in [-0.4, -0.2) is 38.4 Å². The molecule has 34 heavy (non-hydrogen) atoms. The molecule has 8 nitrogen and oxygen atoms in total. The topological polar surface area (TPSA) is 104 Å². The Labute approximate surface area is 195 Å². The number of sulfone groups is 1. The molecule has 0 aliphatic carbocycles. The van der Waals surface area contributed by atoms with Crippen molar-refractivity contribution in [1.29, 1.82) is 0 Å². The van der Waals surface area contributed by atoms with Gasteiger partial charge in [-0.25, -0.2) is 22.8 Å². The molecular weight excluding hydrogens is 457 g/mol. The summed E-state index contributed by atoms with van der Waals surface area (Å²) in [6.07, 6.45) is 3.62. The zero-order valence-corrected chi connectivity index (χ0v) is 19.0. The first-order valence-electron chi connectivity index (χ1n) is 10.6. The first kappa shape index (κ1) is 21.9. The lowest BCUT2D eigenvalue weighted by atomic mass is 10.1. The average Bonchev–Trinajstić information content (AvgIpc) is 3.50. The summed E-state index contributed by atoms with van der Waals surface area (Å²) in [5.74, 6) is 0.455. The van der Waals surface area contributed by atoms with Crippen LogP contribution in [0.5, 0.6) is 0 Å². The number of hydrogen-bond donors (Lipinski definition) is 0. The van der Waals surface area contributed by atoms with Crippen molar-refractivity contribution in [3.8, 4) is 17.3 Å². The first-order valence-corrected chi connectivity index (χ1v) is 12.3. The summed E-state index contributed by atoms with van der Waals surface area (Å²) >= 11 is 0. The molecular formula is C24H20FN5O3S. The van der Waals surface area contributed by atoms with Crippen LogP contribution in [0, 0.1) is 5.82 Å². The third-order valence-corrected chi connectivity index (χ3v) is 7.62. The van der Waals surface area contributed by atoms with Crippen molar-refractivity contribution >= 4 is 20.6 Å². The summed E-state index contributed by atoms with van der Waals surface area (Å²) in [5.41, 5.74) is 0.745. The molecule has 5 aromatic rings. The summed E-state index contributed by atoms with van der Waals surface area (Å²) < 4.78 is 46.9. The van der Waals surface area contributed by atoms with Crippen LogP contribution in [0.15, 0.2) is 77.7 Å². The largest absolute Gasteiger partial charge is 0.461 e. The van der Waals surface area contributed by atoms with Crippen LogP contribution in [0.3, 0.4) is 0 Å². The van der Waals surface area contributed by atoms with Gasteiger partial charge < -0.3 is 4.42 Å². The first-order chi connectivity index (χ1) is 16.4. The van der Waals surface area contributed by atoms with E-state index in [1.54, 1.807) is 23.6 Å². The second-order valence-corrected chi connectivity index (χ2v) is 10.3. The molecule has 0 aliphatic heterocycles. The highest BCUT2D eigenvalue weighted by Gasteiger charge is 2.28. The van der Waals surface area contributed by atoms with Crippen molar-refractivity contribution in [3.63, 3.8) is 0 Å². The number of aromatic nitrogens is 5. The zero-order valence-electron chi connectivity index (χ0n) is 18.2. The number of fused-ring (bicyclic) bond motifs is 1. The molecule has 0 saturated carbocycles. The molecule has 5 rings (SSSR count). The van der Waals surface area contributed by atoms with Gasteiger partial charge in [-0.1, -0.05) is 36.4 Å². The number of nitrogens with zero attached hydrogens (tertiary/aromatic N) is 5. The minimum absolute atomic E-state index is 0.0516. The van der Waals surface area contributed by atoms with Gasteiger partial charge in [0.15, 0.2) is 27.2 Å². The van der Waals surface area contributed by atoms with Gasteiger partial charge in [-0.05, 0) is 30.5 Å². The SMILES string of the molecule is C[C@H](Cc1ncc(F)cn1)S(=O)(=O)Cc1nnc(-c2ccco2)n1-c1cccc2ccccc12. The number of benzene rings is 2. The Kier molecular flexibility index (Phi) is 5.66. The molecule has 0 amide bonds. The Morgan fingerprint density at radius 3 is 2.53 bits per heavy atom. The van der Waals surface area contributed by atoms with Crippen molar-refractivity contribution in [3.05, 3.63) is 90.7 Å². The summed E-state index contributed by atoms with van der Waals surface area (Å²) in [7, 11) is -3.69. The molecule has 3 heterocycles. The standard InChI is InChI=1S/C24H20FN5O3S/c1-16(12-22-26-13-18(25)14-27-22)34(31,32)15-23-28-29-24(21-10-5-11-33-21)30(23)20-9-4-7-17-6-2-3-8-19(17)20/h2-11,13-14,16H,12,15H2,1H3/t16-/m1/s1. The summed E-state index contributed by atoms with van der Waals surface area (Å²) in [6.45, 7) is 1.58. The van der Waals surface area contributed by atoms with Gasteiger partial charge in [0, 0.05) is 11.8 Å². The van der Waals surface area contributed by atoms with E-state index < -0.39 is 20.9 Å². The van der Waals surface area contributed by atoms with Crippen molar-refractivity contribution in [2.24, 2.45) is 0 Å². The molecule has 10 heteroatoms. The average molecular weight is 478 g/mol. The zero-order chi connectivity index (χ0) is 23.7. The molecule has 0 bridgehead atoms. The molecule has 3 aromatic heterocycles. The molecule has 0 unspecified atom stereocenters. The second-order valence-electron chi connectivity index (χ2n) is 7.89. The molecule has 1 atom stereocenters. The van der Waals surface area contributed by atoms with Crippen molar-refractivity contribution < 1.29 is 17.2 Å². The highest BCUT2D eigenvalue weighted by molar-refractivity contribution is 7.91. The Balaban J connectivity index is 1.56. The molecule has 0 saturated heterocycles. The van der Waals surface area contributed by atoms with Gasteiger partial charge in [0.2, 0.25) is 5.82 Å². The van der Waals surface area contributed by atoms with Crippen molar-refractivity contribution in [2.75, 3.05) is 0 Å². The maximum atomic E-state index is 13.3. The smallest absolute Gasteiger partial charge is 0.204 e. The van der Waals surface area contributed by atoms with E-state index in [1.165, 1.54) is 6.26 Å². The highest BCUT2D eigenvalue weighted by Crippen LogP contribution is 2.29. The molecule has 0 N–H and O–H groups in total. The normalized spacial score (nSPS) is 12.8. The van der Waals surface area contributed by atoms with E-state index in [-0.39, 0.29) is 23.8 Å². The van der Waals surface area contributed by atoms with Gasteiger partial charge in [-0.3, -0.25) is 4.57 Å².